The second kappa shape index (κ2) is 6.71. The van der Waals surface area contributed by atoms with Crippen LogP contribution in [0.5, 0.6) is 0 Å². The van der Waals surface area contributed by atoms with Crippen molar-refractivity contribution in [1.82, 2.24) is 0 Å². The molecule has 2 heterocycles. The molecule has 23 heavy (non-hydrogen) atoms. The molecule has 0 unspecified atom stereocenters. The third kappa shape index (κ3) is 4.72. The number of rotatable bonds is 8. The average Bonchev–Trinajstić information content (AvgIpc) is 3.12. The van der Waals surface area contributed by atoms with Gasteiger partial charge in [0, 0.05) is 0 Å². The largest absolute Gasteiger partial charge is 0.473 e. The van der Waals surface area contributed by atoms with Crippen LogP contribution < -0.4 is 0 Å². The summed E-state index contributed by atoms with van der Waals surface area (Å²) in [6.07, 6.45) is 0. The predicted molar refractivity (Wildman–Crippen MR) is 70.1 cm³/mol. The van der Waals surface area contributed by atoms with E-state index in [-0.39, 0.29) is 11.5 Å². The van der Waals surface area contributed by atoms with Crippen LogP contribution in [-0.4, -0.2) is 14.7 Å². The summed E-state index contributed by atoms with van der Waals surface area (Å²) >= 11 is 0. The molecule has 12 nitrogen and oxygen atoms in total. The van der Waals surface area contributed by atoms with Gasteiger partial charge in [0.25, 0.3) is 0 Å². The number of phosphoric acid groups is 1. The van der Waals surface area contributed by atoms with Gasteiger partial charge in [-0.2, -0.15) is 0 Å². The number of hydrogen-bond acceptors (Lipinski definition) is 9. The molecule has 0 amide bonds. The fourth-order valence-electron chi connectivity index (χ4n) is 1.41. The van der Waals surface area contributed by atoms with Gasteiger partial charge in [-0.1, -0.05) is 0 Å². The Hall–Kier alpha value is -2.53. The number of nitro groups is 2. The van der Waals surface area contributed by atoms with E-state index in [1.165, 1.54) is 12.1 Å². The lowest BCUT2D eigenvalue weighted by Crippen LogP contribution is -1.95. The number of furan rings is 2. The number of hydrogen-bond donors (Lipinski definition) is 1. The van der Waals surface area contributed by atoms with E-state index in [4.69, 9.17) is 8.83 Å². The minimum atomic E-state index is -4.51. The summed E-state index contributed by atoms with van der Waals surface area (Å²) in [5, 5.41) is 20.8. The smallest absolute Gasteiger partial charge is 0.403 e. The van der Waals surface area contributed by atoms with Crippen molar-refractivity contribution in [2.45, 2.75) is 13.2 Å². The first-order valence-corrected chi connectivity index (χ1v) is 7.34. The molecule has 0 aliphatic heterocycles. The van der Waals surface area contributed by atoms with E-state index in [9.17, 15) is 29.7 Å². The summed E-state index contributed by atoms with van der Waals surface area (Å²) in [6, 6.07) is 4.52. The molecule has 0 saturated carbocycles. The van der Waals surface area contributed by atoms with Crippen LogP contribution in [0.15, 0.2) is 33.1 Å². The zero-order chi connectivity index (χ0) is 17.0. The Bertz CT molecular complexity index is 705. The van der Waals surface area contributed by atoms with Crippen LogP contribution in [0.1, 0.15) is 11.5 Å². The molecule has 0 aliphatic carbocycles. The predicted octanol–water partition coefficient (Wildman–Crippen LogP) is 2.52. The van der Waals surface area contributed by atoms with Crippen LogP contribution in [0.4, 0.5) is 11.8 Å². The van der Waals surface area contributed by atoms with Crippen molar-refractivity contribution in [2.75, 3.05) is 0 Å². The first-order chi connectivity index (χ1) is 10.8. The van der Waals surface area contributed by atoms with Crippen molar-refractivity contribution in [3.63, 3.8) is 0 Å². The van der Waals surface area contributed by atoms with Gasteiger partial charge in [-0.05, 0) is 12.1 Å². The first-order valence-electron chi connectivity index (χ1n) is 5.85. The summed E-state index contributed by atoms with van der Waals surface area (Å²) in [5.74, 6) is -1.19. The van der Waals surface area contributed by atoms with Crippen LogP contribution >= 0.6 is 7.82 Å². The van der Waals surface area contributed by atoms with Gasteiger partial charge in [0.15, 0.2) is 0 Å². The highest BCUT2D eigenvalue weighted by Crippen LogP contribution is 2.45. The SMILES string of the molecule is O=[N+]([O-])c1ccc(COP(=O)(O)OCc2ccc([N+](=O)[O-])o2)o1. The molecule has 0 fully saturated rings. The van der Waals surface area contributed by atoms with Gasteiger partial charge in [-0.15, -0.1) is 0 Å². The van der Waals surface area contributed by atoms with E-state index in [0.29, 0.717) is 0 Å². The molecular weight excluding hydrogens is 339 g/mol. The fourth-order valence-corrected chi connectivity index (χ4v) is 2.07. The summed E-state index contributed by atoms with van der Waals surface area (Å²) in [5.41, 5.74) is 0. The molecule has 124 valence electrons. The van der Waals surface area contributed by atoms with E-state index >= 15 is 0 Å². The molecule has 0 aliphatic rings. The van der Waals surface area contributed by atoms with Crippen LogP contribution in [-0.2, 0) is 26.8 Å². The van der Waals surface area contributed by atoms with Crippen molar-refractivity contribution in [2.24, 2.45) is 0 Å². The van der Waals surface area contributed by atoms with Gasteiger partial charge >= 0.3 is 19.6 Å². The molecule has 0 atom stereocenters. The van der Waals surface area contributed by atoms with Crippen LogP contribution in [0.3, 0.4) is 0 Å². The van der Waals surface area contributed by atoms with Gasteiger partial charge < -0.3 is 13.7 Å². The van der Waals surface area contributed by atoms with Gasteiger partial charge in [0.2, 0.25) is 0 Å². The minimum absolute atomic E-state index is 0.0526. The zero-order valence-corrected chi connectivity index (χ0v) is 12.1. The molecule has 0 spiro atoms. The Morgan fingerprint density at radius 3 is 1.65 bits per heavy atom. The standard InChI is InChI=1S/C10H9N2O10P/c13-11(14)9-3-1-7(21-9)5-19-23(17,18)20-6-8-2-4-10(22-8)12(15)16/h1-4H,5-6H2,(H,17,18). The van der Waals surface area contributed by atoms with Crippen molar-refractivity contribution < 1.29 is 37.2 Å². The molecule has 1 N–H and O–H groups in total. The lowest BCUT2D eigenvalue weighted by atomic mass is 10.5. The summed E-state index contributed by atoms with van der Waals surface area (Å²) < 4.78 is 30.2. The minimum Gasteiger partial charge on any atom is -0.403 e. The van der Waals surface area contributed by atoms with E-state index in [2.05, 4.69) is 9.05 Å². The van der Waals surface area contributed by atoms with Crippen molar-refractivity contribution in [3.05, 3.63) is 56.0 Å². The second-order valence-electron chi connectivity index (χ2n) is 4.01. The highest BCUT2D eigenvalue weighted by Gasteiger charge is 2.24. The highest BCUT2D eigenvalue weighted by molar-refractivity contribution is 7.47. The van der Waals surface area contributed by atoms with E-state index in [1.807, 2.05) is 0 Å². The fraction of sp³-hybridized carbons (Fsp3) is 0.200. The molecular formula is C10H9N2O10P. The summed E-state index contributed by atoms with van der Waals surface area (Å²) in [4.78, 5) is 28.7. The first kappa shape index (κ1) is 16.8. The molecule has 2 aromatic rings. The van der Waals surface area contributed by atoms with Crippen molar-refractivity contribution >= 4 is 19.6 Å². The summed E-state index contributed by atoms with van der Waals surface area (Å²) in [6.45, 7) is -1.08. The maximum absolute atomic E-state index is 11.6. The van der Waals surface area contributed by atoms with Crippen LogP contribution in [0.25, 0.3) is 0 Å². The Labute approximate surface area is 127 Å². The zero-order valence-electron chi connectivity index (χ0n) is 11.2. The van der Waals surface area contributed by atoms with Gasteiger partial charge in [-0.3, -0.25) is 29.3 Å². The lowest BCUT2D eigenvalue weighted by molar-refractivity contribution is -0.402. The Morgan fingerprint density at radius 2 is 1.35 bits per heavy atom. The molecule has 13 heteroatoms. The van der Waals surface area contributed by atoms with E-state index in [1.54, 1.807) is 0 Å². The normalized spacial score (nSPS) is 11.5. The van der Waals surface area contributed by atoms with E-state index in [0.717, 1.165) is 12.1 Å². The maximum Gasteiger partial charge on any atom is 0.473 e. The van der Waals surface area contributed by atoms with E-state index < -0.39 is 42.7 Å². The third-order valence-electron chi connectivity index (χ3n) is 2.39. The van der Waals surface area contributed by atoms with Gasteiger partial charge in [0.1, 0.15) is 34.6 Å². The molecule has 2 rings (SSSR count). The van der Waals surface area contributed by atoms with Crippen LogP contribution in [0.2, 0.25) is 0 Å². The quantitative estimate of drug-likeness (QED) is 0.425. The topological polar surface area (TPSA) is 168 Å². The Morgan fingerprint density at radius 1 is 0.957 bits per heavy atom. The monoisotopic (exact) mass is 348 g/mol. The van der Waals surface area contributed by atoms with Crippen molar-refractivity contribution in [1.29, 1.82) is 0 Å². The average molecular weight is 348 g/mol. The van der Waals surface area contributed by atoms with Crippen LogP contribution in [0, 0.1) is 20.2 Å². The van der Waals surface area contributed by atoms with Gasteiger partial charge in [0.05, 0.1) is 12.1 Å². The highest BCUT2D eigenvalue weighted by atomic mass is 31.2. The Kier molecular flexibility index (Phi) is 4.91. The lowest BCUT2D eigenvalue weighted by Gasteiger charge is -2.09. The maximum atomic E-state index is 11.6. The third-order valence-corrected chi connectivity index (χ3v) is 3.31. The molecule has 0 saturated heterocycles. The molecule has 0 bridgehead atoms. The summed E-state index contributed by atoms with van der Waals surface area (Å²) in [7, 11) is -4.51. The Balaban J connectivity index is 1.86. The number of phosphoric ester groups is 1. The number of nitrogens with zero attached hydrogens (tertiary/aromatic N) is 2. The second-order valence-corrected chi connectivity index (χ2v) is 5.46. The van der Waals surface area contributed by atoms with Gasteiger partial charge in [-0.25, -0.2) is 4.57 Å². The molecule has 0 radical (unpaired) electrons. The molecule has 0 aromatic carbocycles. The van der Waals surface area contributed by atoms with Crippen molar-refractivity contribution in [3.8, 4) is 0 Å². The molecule has 2 aromatic heterocycles.